The second-order valence-corrected chi connectivity index (χ2v) is 8.10. The first-order valence-corrected chi connectivity index (χ1v) is 10.5. The van der Waals surface area contributed by atoms with Crippen molar-refractivity contribution >= 4 is 57.0 Å². The molecule has 1 heterocycles. The van der Waals surface area contributed by atoms with Gasteiger partial charge in [0.25, 0.3) is 5.91 Å². The summed E-state index contributed by atoms with van der Waals surface area (Å²) >= 11 is 13.3. The lowest BCUT2D eigenvalue weighted by molar-refractivity contribution is 0.102. The molecule has 150 valence electrons. The van der Waals surface area contributed by atoms with E-state index in [1.165, 1.54) is 23.5 Å². The quantitative estimate of drug-likeness (QED) is 0.331. The van der Waals surface area contributed by atoms with Crippen LogP contribution in [0.15, 0.2) is 72.1 Å². The van der Waals surface area contributed by atoms with Gasteiger partial charge < -0.3 is 10.6 Å². The van der Waals surface area contributed by atoms with E-state index in [9.17, 15) is 9.18 Å². The van der Waals surface area contributed by atoms with Gasteiger partial charge in [-0.3, -0.25) is 4.79 Å². The van der Waals surface area contributed by atoms with Crippen LogP contribution in [0.1, 0.15) is 10.4 Å². The summed E-state index contributed by atoms with van der Waals surface area (Å²) in [6.45, 7) is 0. The zero-order valence-corrected chi connectivity index (χ0v) is 17.7. The average molecular weight is 458 g/mol. The zero-order chi connectivity index (χ0) is 21.1. The molecule has 1 aromatic heterocycles. The van der Waals surface area contributed by atoms with E-state index in [2.05, 4.69) is 15.6 Å². The number of aromatic nitrogens is 1. The molecule has 4 aromatic rings. The molecule has 4 rings (SSSR count). The number of nitrogens with zero attached hydrogens (tertiary/aromatic N) is 1. The van der Waals surface area contributed by atoms with Crippen LogP contribution in [-0.2, 0) is 0 Å². The molecule has 0 aliphatic rings. The molecule has 0 radical (unpaired) electrons. The van der Waals surface area contributed by atoms with Gasteiger partial charge in [0.1, 0.15) is 5.82 Å². The molecule has 4 nitrogen and oxygen atoms in total. The molecular weight excluding hydrogens is 444 g/mol. The number of amides is 1. The highest BCUT2D eigenvalue weighted by Gasteiger charge is 2.10. The molecule has 30 heavy (non-hydrogen) atoms. The van der Waals surface area contributed by atoms with Crippen molar-refractivity contribution in [2.45, 2.75) is 0 Å². The lowest BCUT2D eigenvalue weighted by atomic mass is 10.1. The highest BCUT2D eigenvalue weighted by Crippen LogP contribution is 2.29. The van der Waals surface area contributed by atoms with Gasteiger partial charge in [-0.25, -0.2) is 9.37 Å². The van der Waals surface area contributed by atoms with Crippen LogP contribution in [0.25, 0.3) is 11.3 Å². The van der Waals surface area contributed by atoms with Crippen LogP contribution in [-0.4, -0.2) is 10.9 Å². The van der Waals surface area contributed by atoms with Gasteiger partial charge in [-0.05, 0) is 48.5 Å². The fraction of sp³-hybridized carbons (Fsp3) is 0. The van der Waals surface area contributed by atoms with Crippen molar-refractivity contribution in [1.82, 2.24) is 4.98 Å². The number of anilines is 3. The Morgan fingerprint density at radius 2 is 1.67 bits per heavy atom. The topological polar surface area (TPSA) is 54.0 Å². The van der Waals surface area contributed by atoms with Gasteiger partial charge >= 0.3 is 0 Å². The smallest absolute Gasteiger partial charge is 0.255 e. The van der Waals surface area contributed by atoms with Crippen molar-refractivity contribution < 1.29 is 9.18 Å². The summed E-state index contributed by atoms with van der Waals surface area (Å²) in [7, 11) is 0. The number of hydrogen-bond donors (Lipinski definition) is 2. The summed E-state index contributed by atoms with van der Waals surface area (Å²) in [5, 5.41) is 9.23. The largest absolute Gasteiger partial charge is 0.331 e. The summed E-state index contributed by atoms with van der Waals surface area (Å²) < 4.78 is 13.3. The maximum atomic E-state index is 13.3. The Labute approximate surface area is 186 Å². The van der Waals surface area contributed by atoms with E-state index in [4.69, 9.17) is 23.2 Å². The molecule has 0 saturated heterocycles. The van der Waals surface area contributed by atoms with Gasteiger partial charge in [-0.15, -0.1) is 11.3 Å². The van der Waals surface area contributed by atoms with Crippen molar-refractivity contribution in [1.29, 1.82) is 0 Å². The van der Waals surface area contributed by atoms with E-state index in [0.29, 0.717) is 32.1 Å². The maximum absolute atomic E-state index is 13.3. The van der Waals surface area contributed by atoms with Crippen LogP contribution in [0.5, 0.6) is 0 Å². The predicted octanol–water partition coefficient (Wildman–Crippen LogP) is 7.25. The van der Waals surface area contributed by atoms with Crippen molar-refractivity contribution in [3.8, 4) is 11.3 Å². The van der Waals surface area contributed by atoms with E-state index in [0.717, 1.165) is 11.3 Å². The summed E-state index contributed by atoms with van der Waals surface area (Å²) in [5.74, 6) is -0.635. The molecule has 1 amide bonds. The number of benzene rings is 3. The van der Waals surface area contributed by atoms with Crippen LogP contribution in [0.3, 0.4) is 0 Å². The molecule has 0 saturated carbocycles. The van der Waals surface area contributed by atoms with Gasteiger partial charge in [0.2, 0.25) is 0 Å². The molecule has 2 N–H and O–H groups in total. The molecule has 0 bridgehead atoms. The third kappa shape index (κ3) is 4.97. The zero-order valence-electron chi connectivity index (χ0n) is 15.3. The van der Waals surface area contributed by atoms with Gasteiger partial charge in [-0.2, -0.15) is 0 Å². The van der Waals surface area contributed by atoms with E-state index >= 15 is 0 Å². The third-order valence-electron chi connectivity index (χ3n) is 4.12. The average Bonchev–Trinajstić information content (AvgIpc) is 3.16. The molecule has 0 fully saturated rings. The number of hydrogen-bond acceptors (Lipinski definition) is 4. The second kappa shape index (κ2) is 8.83. The van der Waals surface area contributed by atoms with Gasteiger partial charge in [0, 0.05) is 37.9 Å². The first kappa shape index (κ1) is 20.3. The Kier molecular flexibility index (Phi) is 5.99. The minimum atomic E-state index is -0.318. The number of carbonyl (C=O) groups is 1. The highest BCUT2D eigenvalue weighted by molar-refractivity contribution is 7.14. The fourth-order valence-corrected chi connectivity index (χ4v) is 4.06. The molecule has 3 aromatic carbocycles. The standard InChI is InChI=1S/C22H14Cl2FN3OS/c23-15-7-14(8-16(24)10-15)21(29)26-18-5-1-3-13(9-18)20-12-30-22(28-20)27-19-6-2-4-17(25)11-19/h1-12H,(H,26,29)(H,27,28). The normalized spacial score (nSPS) is 10.6. The fourth-order valence-electron chi connectivity index (χ4n) is 2.80. The number of rotatable bonds is 5. The van der Waals surface area contributed by atoms with Crippen LogP contribution in [0.2, 0.25) is 10.0 Å². The molecule has 0 aliphatic carbocycles. The van der Waals surface area contributed by atoms with Gasteiger partial charge in [0.05, 0.1) is 5.69 Å². The minimum absolute atomic E-state index is 0.316. The molecule has 0 aliphatic heterocycles. The number of thiazole rings is 1. The number of nitrogens with one attached hydrogen (secondary N) is 2. The van der Waals surface area contributed by atoms with E-state index in [1.807, 2.05) is 23.6 Å². The summed E-state index contributed by atoms with van der Waals surface area (Å²) in [6, 6.07) is 18.2. The minimum Gasteiger partial charge on any atom is -0.331 e. The van der Waals surface area contributed by atoms with Crippen LogP contribution in [0.4, 0.5) is 20.9 Å². The van der Waals surface area contributed by atoms with E-state index in [-0.39, 0.29) is 11.7 Å². The van der Waals surface area contributed by atoms with Crippen LogP contribution in [0, 0.1) is 5.82 Å². The van der Waals surface area contributed by atoms with Gasteiger partial charge in [-0.1, -0.05) is 41.4 Å². The number of carbonyl (C=O) groups excluding carboxylic acids is 1. The highest BCUT2D eigenvalue weighted by atomic mass is 35.5. The Morgan fingerprint density at radius 3 is 2.43 bits per heavy atom. The Bertz CT molecular complexity index is 1210. The summed E-state index contributed by atoms with van der Waals surface area (Å²) in [4.78, 5) is 17.1. The first-order valence-electron chi connectivity index (χ1n) is 8.82. The van der Waals surface area contributed by atoms with Crippen molar-refractivity contribution in [2.75, 3.05) is 10.6 Å². The molecule has 0 atom stereocenters. The Morgan fingerprint density at radius 1 is 0.933 bits per heavy atom. The number of halogens is 3. The maximum Gasteiger partial charge on any atom is 0.255 e. The van der Waals surface area contributed by atoms with E-state index in [1.54, 1.807) is 36.4 Å². The molecule has 0 spiro atoms. The molecule has 8 heteroatoms. The van der Waals surface area contributed by atoms with Crippen molar-refractivity contribution in [3.63, 3.8) is 0 Å². The first-order chi connectivity index (χ1) is 14.5. The predicted molar refractivity (Wildman–Crippen MR) is 122 cm³/mol. The Hall–Kier alpha value is -2.93. The summed E-state index contributed by atoms with van der Waals surface area (Å²) in [6.07, 6.45) is 0. The SMILES string of the molecule is O=C(Nc1cccc(-c2csc(Nc3cccc(F)c3)n2)c1)c1cc(Cl)cc(Cl)c1. The molecule has 0 unspecified atom stereocenters. The third-order valence-corrected chi connectivity index (χ3v) is 5.32. The lowest BCUT2D eigenvalue weighted by Gasteiger charge is -2.07. The Balaban J connectivity index is 1.51. The molecular formula is C22H14Cl2FN3OS. The summed E-state index contributed by atoms with van der Waals surface area (Å²) in [5.41, 5.74) is 3.17. The lowest BCUT2D eigenvalue weighted by Crippen LogP contribution is -2.11. The van der Waals surface area contributed by atoms with Crippen molar-refractivity contribution in [3.05, 3.63) is 93.5 Å². The van der Waals surface area contributed by atoms with Crippen LogP contribution >= 0.6 is 34.5 Å². The van der Waals surface area contributed by atoms with E-state index < -0.39 is 0 Å². The second-order valence-electron chi connectivity index (χ2n) is 6.37. The van der Waals surface area contributed by atoms with Crippen molar-refractivity contribution in [2.24, 2.45) is 0 Å². The van der Waals surface area contributed by atoms with Crippen LogP contribution < -0.4 is 10.6 Å². The monoisotopic (exact) mass is 457 g/mol. The van der Waals surface area contributed by atoms with Gasteiger partial charge in [0.15, 0.2) is 5.13 Å².